The normalized spacial score (nSPS) is 19.4. The number of nitrogens with two attached hydrogens (primary N) is 1. The van der Waals surface area contributed by atoms with Gasteiger partial charge in [-0.15, -0.1) is 0 Å². The Balaban J connectivity index is 1.98. The second kappa shape index (κ2) is 7.66. The van der Waals surface area contributed by atoms with Gasteiger partial charge in [-0.3, -0.25) is 9.79 Å². The van der Waals surface area contributed by atoms with Gasteiger partial charge in [0.15, 0.2) is 0 Å². The van der Waals surface area contributed by atoms with Gasteiger partial charge in [0.1, 0.15) is 17.4 Å². The lowest BCUT2D eigenvalue weighted by atomic mass is 10.0. The molecule has 7 heteroatoms. The monoisotopic (exact) mass is 383 g/mol. The molecule has 2 atom stereocenters. The Morgan fingerprint density at radius 1 is 1.46 bits per heavy atom. The van der Waals surface area contributed by atoms with Crippen LogP contribution >= 0.6 is 0 Å². The van der Waals surface area contributed by atoms with E-state index in [0.717, 1.165) is 27.9 Å². The van der Waals surface area contributed by atoms with E-state index in [1.807, 2.05) is 51.4 Å². The maximum absolute atomic E-state index is 11.6. The predicted octanol–water partition coefficient (Wildman–Crippen LogP) is 2.65. The minimum absolute atomic E-state index is 0.0756. The quantitative estimate of drug-likeness (QED) is 0.776. The molecule has 1 aromatic carbocycles. The SMILES string of the molecule is CC(Oc1cc(C(C=NC(C)(C)C)=CN)cc2ncn(C)c12)C1CNC(=O)C1. The highest BCUT2D eigenvalue weighted by molar-refractivity contribution is 6.11. The van der Waals surface area contributed by atoms with Crippen molar-refractivity contribution in [3.05, 3.63) is 30.2 Å². The maximum atomic E-state index is 11.6. The van der Waals surface area contributed by atoms with Crippen molar-refractivity contribution in [2.24, 2.45) is 23.7 Å². The molecule has 3 N–H and O–H groups in total. The highest BCUT2D eigenvalue weighted by Crippen LogP contribution is 2.31. The zero-order valence-electron chi connectivity index (χ0n) is 17.2. The number of hydrogen-bond acceptors (Lipinski definition) is 5. The molecule has 1 saturated heterocycles. The summed E-state index contributed by atoms with van der Waals surface area (Å²) in [6, 6.07) is 3.96. The number of aliphatic imine (C=N–C) groups is 1. The van der Waals surface area contributed by atoms with Gasteiger partial charge < -0.3 is 20.4 Å². The van der Waals surface area contributed by atoms with E-state index in [2.05, 4.69) is 15.3 Å². The molecule has 1 aliphatic rings. The molecule has 3 rings (SSSR count). The van der Waals surface area contributed by atoms with Crippen molar-refractivity contribution in [1.29, 1.82) is 0 Å². The average molecular weight is 383 g/mol. The summed E-state index contributed by atoms with van der Waals surface area (Å²) in [5, 5.41) is 2.87. The zero-order valence-corrected chi connectivity index (χ0v) is 17.2. The number of aromatic nitrogens is 2. The Bertz CT molecular complexity index is 936. The molecule has 0 saturated carbocycles. The molecule has 0 spiro atoms. The van der Waals surface area contributed by atoms with Gasteiger partial charge >= 0.3 is 0 Å². The number of aryl methyl sites for hydroxylation is 1. The lowest BCUT2D eigenvalue weighted by molar-refractivity contribution is -0.119. The van der Waals surface area contributed by atoms with Crippen molar-refractivity contribution in [1.82, 2.24) is 14.9 Å². The first-order chi connectivity index (χ1) is 13.2. The Labute approximate surface area is 165 Å². The summed E-state index contributed by atoms with van der Waals surface area (Å²) in [4.78, 5) is 20.6. The molecule has 28 heavy (non-hydrogen) atoms. The fourth-order valence-electron chi connectivity index (χ4n) is 3.24. The summed E-state index contributed by atoms with van der Waals surface area (Å²) in [5.74, 6) is 0.945. The Kier molecular flexibility index (Phi) is 5.45. The fourth-order valence-corrected chi connectivity index (χ4v) is 3.24. The number of carbonyl (C=O) groups excluding carboxylic acids is 1. The average Bonchev–Trinajstić information content (AvgIpc) is 3.21. The second-order valence-corrected chi connectivity index (χ2v) is 8.34. The van der Waals surface area contributed by atoms with Gasteiger partial charge in [0, 0.05) is 43.9 Å². The molecular weight excluding hydrogens is 354 g/mol. The molecule has 1 aromatic heterocycles. The van der Waals surface area contributed by atoms with Crippen molar-refractivity contribution >= 4 is 28.7 Å². The van der Waals surface area contributed by atoms with Gasteiger partial charge in [0.05, 0.1) is 17.4 Å². The number of ether oxygens (including phenoxy) is 1. The highest BCUT2D eigenvalue weighted by atomic mass is 16.5. The molecule has 150 valence electrons. The molecular formula is C21H29N5O2. The number of benzene rings is 1. The lowest BCUT2D eigenvalue weighted by Crippen LogP contribution is -2.25. The van der Waals surface area contributed by atoms with Crippen LogP contribution in [0.2, 0.25) is 0 Å². The van der Waals surface area contributed by atoms with Crippen LogP contribution < -0.4 is 15.8 Å². The van der Waals surface area contributed by atoms with Gasteiger partial charge in [-0.05, 0) is 45.4 Å². The van der Waals surface area contributed by atoms with Gasteiger partial charge in [0.2, 0.25) is 5.91 Å². The van der Waals surface area contributed by atoms with Gasteiger partial charge in [-0.1, -0.05) is 0 Å². The molecule has 7 nitrogen and oxygen atoms in total. The van der Waals surface area contributed by atoms with Crippen LogP contribution in [0, 0.1) is 5.92 Å². The number of rotatable bonds is 5. The smallest absolute Gasteiger partial charge is 0.220 e. The van der Waals surface area contributed by atoms with Crippen LogP contribution in [0.3, 0.4) is 0 Å². The standard InChI is InChI=1S/C21H29N5O2/c1-13(15-8-19(27)23-10-15)28-18-7-14(6-17-20(18)26(5)12-24-17)16(9-22)11-25-21(2,3)4/h6-7,9,11-13,15H,8,10,22H2,1-5H3,(H,23,27). The van der Waals surface area contributed by atoms with Crippen LogP contribution in [-0.4, -0.2) is 39.9 Å². The molecule has 2 aromatic rings. The third kappa shape index (κ3) is 4.35. The van der Waals surface area contributed by atoms with Crippen LogP contribution in [0.1, 0.15) is 39.7 Å². The summed E-state index contributed by atoms with van der Waals surface area (Å²) < 4.78 is 8.25. The molecule has 0 radical (unpaired) electrons. The Morgan fingerprint density at radius 2 is 2.21 bits per heavy atom. The van der Waals surface area contributed by atoms with Crippen LogP contribution in [0.4, 0.5) is 0 Å². The largest absolute Gasteiger partial charge is 0.488 e. The Hall–Kier alpha value is -2.83. The predicted molar refractivity (Wildman–Crippen MR) is 112 cm³/mol. The van der Waals surface area contributed by atoms with E-state index in [-0.39, 0.29) is 23.5 Å². The second-order valence-electron chi connectivity index (χ2n) is 8.34. The van der Waals surface area contributed by atoms with Gasteiger partial charge in [-0.2, -0.15) is 0 Å². The van der Waals surface area contributed by atoms with E-state index in [1.165, 1.54) is 0 Å². The Morgan fingerprint density at radius 3 is 2.82 bits per heavy atom. The van der Waals surface area contributed by atoms with E-state index in [1.54, 1.807) is 18.7 Å². The van der Waals surface area contributed by atoms with Crippen molar-refractivity contribution in [2.75, 3.05) is 6.54 Å². The molecule has 0 aliphatic carbocycles. The summed E-state index contributed by atoms with van der Waals surface area (Å²) in [5.41, 5.74) is 9.12. The number of imidazole rings is 1. The van der Waals surface area contributed by atoms with E-state index in [9.17, 15) is 4.79 Å². The van der Waals surface area contributed by atoms with Crippen molar-refractivity contribution in [3.63, 3.8) is 0 Å². The molecule has 1 amide bonds. The molecule has 0 bridgehead atoms. The van der Waals surface area contributed by atoms with Crippen LogP contribution in [-0.2, 0) is 11.8 Å². The first-order valence-corrected chi connectivity index (χ1v) is 9.54. The number of nitrogens with one attached hydrogen (secondary N) is 1. The van der Waals surface area contributed by atoms with Gasteiger partial charge in [-0.25, -0.2) is 4.98 Å². The maximum Gasteiger partial charge on any atom is 0.220 e. The summed E-state index contributed by atoms with van der Waals surface area (Å²) in [6.45, 7) is 8.74. The number of carbonyl (C=O) groups is 1. The first-order valence-electron chi connectivity index (χ1n) is 9.54. The zero-order chi connectivity index (χ0) is 20.5. The first kappa shape index (κ1) is 19.9. The molecule has 1 fully saturated rings. The molecule has 2 heterocycles. The van der Waals surface area contributed by atoms with E-state index in [4.69, 9.17) is 10.5 Å². The third-order valence-electron chi connectivity index (χ3n) is 4.87. The number of fused-ring (bicyclic) bond motifs is 1. The topological polar surface area (TPSA) is 94.5 Å². The van der Waals surface area contributed by atoms with Crippen molar-refractivity contribution in [3.8, 4) is 5.75 Å². The molecule has 2 unspecified atom stereocenters. The van der Waals surface area contributed by atoms with Crippen molar-refractivity contribution in [2.45, 2.75) is 45.8 Å². The summed E-state index contributed by atoms with van der Waals surface area (Å²) >= 11 is 0. The minimum atomic E-state index is -0.195. The van der Waals surface area contributed by atoms with Crippen LogP contribution in [0.15, 0.2) is 29.7 Å². The van der Waals surface area contributed by atoms with Crippen LogP contribution in [0.25, 0.3) is 16.6 Å². The number of allylic oxidation sites excluding steroid dienone is 1. The van der Waals surface area contributed by atoms with E-state index in [0.29, 0.717) is 13.0 Å². The van der Waals surface area contributed by atoms with Crippen molar-refractivity contribution < 1.29 is 9.53 Å². The highest BCUT2D eigenvalue weighted by Gasteiger charge is 2.28. The molecule has 1 aliphatic heterocycles. The summed E-state index contributed by atoms with van der Waals surface area (Å²) in [7, 11) is 1.94. The number of hydrogen-bond donors (Lipinski definition) is 2. The third-order valence-corrected chi connectivity index (χ3v) is 4.87. The number of amides is 1. The lowest BCUT2D eigenvalue weighted by Gasteiger charge is -2.21. The van der Waals surface area contributed by atoms with E-state index < -0.39 is 0 Å². The fraction of sp³-hybridized carbons (Fsp3) is 0.476. The number of nitrogens with zero attached hydrogens (tertiary/aromatic N) is 3. The van der Waals surface area contributed by atoms with Gasteiger partial charge in [0.25, 0.3) is 0 Å². The van der Waals surface area contributed by atoms with Crippen LogP contribution in [0.5, 0.6) is 5.75 Å². The van der Waals surface area contributed by atoms with E-state index >= 15 is 0 Å². The summed E-state index contributed by atoms with van der Waals surface area (Å²) in [6.07, 6.45) is 5.48. The minimum Gasteiger partial charge on any atom is -0.488 e.